The van der Waals surface area contributed by atoms with Gasteiger partial charge in [0.15, 0.2) is 0 Å². The largest absolute Gasteiger partial charge is 0.353 e. The molecule has 0 aromatic carbocycles. The summed E-state index contributed by atoms with van der Waals surface area (Å²) in [6, 6.07) is 0.435. The van der Waals surface area contributed by atoms with Crippen molar-refractivity contribution in [1.29, 1.82) is 0 Å². The van der Waals surface area contributed by atoms with Gasteiger partial charge in [0.1, 0.15) is 0 Å². The number of hydrogen-bond donors (Lipinski definition) is 1. The minimum atomic E-state index is -0.591. The van der Waals surface area contributed by atoms with Crippen LogP contribution in [0, 0.1) is 6.92 Å². The van der Waals surface area contributed by atoms with Gasteiger partial charge >= 0.3 is 0 Å². The van der Waals surface area contributed by atoms with Crippen molar-refractivity contribution in [2.24, 2.45) is 0 Å². The van der Waals surface area contributed by atoms with Crippen LogP contribution in [-0.4, -0.2) is 31.3 Å². The van der Waals surface area contributed by atoms with E-state index in [9.17, 15) is 4.21 Å². The summed E-state index contributed by atoms with van der Waals surface area (Å²) in [6.07, 6.45) is 6.47. The maximum Gasteiger partial charge on any atom is 0.203 e. The number of unbranched alkanes of at least 4 members (excludes halogenated alkanes) is 1. The lowest BCUT2D eigenvalue weighted by molar-refractivity contribution is 0.599. The Morgan fingerprint density at radius 2 is 2.22 bits per heavy atom. The summed E-state index contributed by atoms with van der Waals surface area (Å²) >= 11 is 0. The molecule has 0 bridgehead atoms. The van der Waals surface area contributed by atoms with Gasteiger partial charge in [-0.25, -0.2) is 4.98 Å². The highest BCUT2D eigenvalue weighted by molar-refractivity contribution is 7.85. The van der Waals surface area contributed by atoms with E-state index in [-0.39, 0.29) is 0 Å². The Balaban J connectivity index is 1.97. The molecule has 0 aliphatic carbocycles. The van der Waals surface area contributed by atoms with Gasteiger partial charge in [-0.1, -0.05) is 13.3 Å². The highest BCUT2D eigenvalue weighted by Gasteiger charge is 2.19. The fourth-order valence-corrected chi connectivity index (χ4v) is 3.58. The van der Waals surface area contributed by atoms with Crippen molar-refractivity contribution >= 4 is 16.7 Å². The lowest BCUT2D eigenvalue weighted by Gasteiger charge is -2.23. The maximum atomic E-state index is 11.3. The van der Waals surface area contributed by atoms with Crippen molar-refractivity contribution in [2.45, 2.75) is 52.1 Å². The van der Waals surface area contributed by atoms with Gasteiger partial charge in [0, 0.05) is 41.1 Å². The van der Waals surface area contributed by atoms with E-state index in [1.54, 1.807) is 0 Å². The van der Waals surface area contributed by atoms with Crippen molar-refractivity contribution in [3.8, 4) is 0 Å². The van der Waals surface area contributed by atoms with Gasteiger partial charge in [-0.2, -0.15) is 0 Å². The van der Waals surface area contributed by atoms with Crippen LogP contribution >= 0.6 is 0 Å². The fraction of sp³-hybridized carbons (Fsp3) is 0.769. The monoisotopic (exact) mass is 269 g/mol. The summed E-state index contributed by atoms with van der Waals surface area (Å²) in [5, 5.41) is 3.52. The van der Waals surface area contributed by atoms with E-state index in [2.05, 4.69) is 28.0 Å². The third kappa shape index (κ3) is 3.57. The second kappa shape index (κ2) is 6.36. The Morgan fingerprint density at radius 3 is 2.89 bits per heavy atom. The van der Waals surface area contributed by atoms with Gasteiger partial charge < -0.3 is 9.88 Å². The summed E-state index contributed by atoms with van der Waals surface area (Å²) in [6.45, 7) is 5.26. The number of rotatable bonds is 5. The minimum Gasteiger partial charge on any atom is -0.353 e. The van der Waals surface area contributed by atoms with E-state index >= 15 is 0 Å². The van der Waals surface area contributed by atoms with Crippen molar-refractivity contribution in [2.75, 3.05) is 16.8 Å². The first kappa shape index (κ1) is 13.6. The van der Waals surface area contributed by atoms with Gasteiger partial charge in [-0.3, -0.25) is 4.21 Å². The third-order valence-electron chi connectivity index (χ3n) is 3.37. The molecular formula is C13H23N3OS. The molecule has 5 heteroatoms. The van der Waals surface area contributed by atoms with Gasteiger partial charge in [-0.15, -0.1) is 0 Å². The van der Waals surface area contributed by atoms with Gasteiger partial charge in [0.2, 0.25) is 5.95 Å². The summed E-state index contributed by atoms with van der Waals surface area (Å²) < 4.78 is 13.5. The molecule has 1 aromatic heterocycles. The van der Waals surface area contributed by atoms with Crippen LogP contribution in [0.2, 0.25) is 0 Å². The lowest BCUT2D eigenvalue weighted by Crippen LogP contribution is -2.30. The molecule has 1 aliphatic rings. The zero-order valence-corrected chi connectivity index (χ0v) is 12.1. The topological polar surface area (TPSA) is 46.9 Å². The number of hydrogen-bond acceptors (Lipinski definition) is 3. The van der Waals surface area contributed by atoms with E-state index in [0.29, 0.717) is 6.04 Å². The SMILES string of the molecule is CCCCn1cc(C)nc1NC1CCS(=O)CC1. The average Bonchev–Trinajstić information content (AvgIpc) is 2.70. The number of aromatic nitrogens is 2. The van der Waals surface area contributed by atoms with Crippen LogP contribution in [0.1, 0.15) is 38.3 Å². The van der Waals surface area contributed by atoms with Crippen LogP contribution in [0.15, 0.2) is 6.20 Å². The van der Waals surface area contributed by atoms with Crippen molar-refractivity contribution in [1.82, 2.24) is 9.55 Å². The first-order chi connectivity index (χ1) is 8.69. The molecule has 0 spiro atoms. The van der Waals surface area contributed by atoms with E-state index in [1.165, 1.54) is 12.8 Å². The second-order valence-corrected chi connectivity index (χ2v) is 6.72. The van der Waals surface area contributed by atoms with Gasteiger partial charge in [-0.05, 0) is 26.2 Å². The number of nitrogens with one attached hydrogen (secondary N) is 1. The predicted molar refractivity (Wildman–Crippen MR) is 76.4 cm³/mol. The average molecular weight is 269 g/mol. The molecule has 2 rings (SSSR count). The summed E-state index contributed by atoms with van der Waals surface area (Å²) in [5.41, 5.74) is 1.06. The Morgan fingerprint density at radius 1 is 1.50 bits per heavy atom. The Labute approximate surface area is 112 Å². The molecule has 0 atom stereocenters. The van der Waals surface area contributed by atoms with E-state index in [1.807, 2.05) is 6.92 Å². The van der Waals surface area contributed by atoms with Crippen LogP contribution in [-0.2, 0) is 17.3 Å². The fourth-order valence-electron chi connectivity index (χ4n) is 2.28. The lowest BCUT2D eigenvalue weighted by atomic mass is 10.2. The molecule has 2 heterocycles. The predicted octanol–water partition coefficient (Wildman–Crippen LogP) is 2.31. The zero-order chi connectivity index (χ0) is 13.0. The number of imidazole rings is 1. The molecule has 0 saturated carbocycles. The first-order valence-electron chi connectivity index (χ1n) is 6.84. The molecule has 18 heavy (non-hydrogen) atoms. The molecule has 0 unspecified atom stereocenters. The van der Waals surface area contributed by atoms with Crippen LogP contribution in [0.5, 0.6) is 0 Å². The number of aryl methyl sites for hydroxylation is 2. The molecular weight excluding hydrogens is 246 g/mol. The molecule has 0 radical (unpaired) electrons. The van der Waals surface area contributed by atoms with Gasteiger partial charge in [0.25, 0.3) is 0 Å². The van der Waals surface area contributed by atoms with Crippen LogP contribution in [0.4, 0.5) is 5.95 Å². The van der Waals surface area contributed by atoms with Crippen molar-refractivity contribution in [3.63, 3.8) is 0 Å². The standard InChI is InChI=1S/C13H23N3OS/c1-3-4-7-16-10-11(2)14-13(16)15-12-5-8-18(17)9-6-12/h10,12H,3-9H2,1-2H3,(H,14,15). The van der Waals surface area contributed by atoms with Crippen molar-refractivity contribution in [3.05, 3.63) is 11.9 Å². The van der Waals surface area contributed by atoms with E-state index < -0.39 is 10.8 Å². The minimum absolute atomic E-state index is 0.435. The van der Waals surface area contributed by atoms with Gasteiger partial charge in [0.05, 0.1) is 5.69 Å². The zero-order valence-electron chi connectivity index (χ0n) is 11.3. The highest BCUT2D eigenvalue weighted by atomic mass is 32.2. The Hall–Kier alpha value is -0.840. The maximum absolute atomic E-state index is 11.3. The van der Waals surface area contributed by atoms with Crippen molar-refractivity contribution < 1.29 is 4.21 Å². The normalized spacial score (nSPS) is 24.1. The Bertz CT molecular complexity index is 406. The molecule has 4 nitrogen and oxygen atoms in total. The third-order valence-corrected chi connectivity index (χ3v) is 4.75. The summed E-state index contributed by atoms with van der Waals surface area (Å²) in [7, 11) is -0.591. The van der Waals surface area contributed by atoms with Crippen LogP contribution in [0.25, 0.3) is 0 Å². The Kier molecular flexibility index (Phi) is 4.80. The first-order valence-corrected chi connectivity index (χ1v) is 8.33. The quantitative estimate of drug-likeness (QED) is 0.892. The van der Waals surface area contributed by atoms with Crippen LogP contribution < -0.4 is 5.32 Å². The molecule has 1 N–H and O–H groups in total. The number of anilines is 1. The van der Waals surface area contributed by atoms with E-state index in [4.69, 9.17) is 0 Å². The molecule has 0 amide bonds. The van der Waals surface area contributed by atoms with E-state index in [0.717, 1.165) is 42.5 Å². The second-order valence-electron chi connectivity index (χ2n) is 5.02. The highest BCUT2D eigenvalue weighted by Crippen LogP contribution is 2.17. The smallest absolute Gasteiger partial charge is 0.203 e. The molecule has 1 fully saturated rings. The number of nitrogens with zero attached hydrogens (tertiary/aromatic N) is 2. The molecule has 102 valence electrons. The summed E-state index contributed by atoms with van der Waals surface area (Å²) in [4.78, 5) is 4.55. The molecule has 1 aliphatic heterocycles. The van der Waals surface area contributed by atoms with Crippen LogP contribution in [0.3, 0.4) is 0 Å². The molecule has 1 aromatic rings. The molecule has 1 saturated heterocycles. The summed E-state index contributed by atoms with van der Waals surface area (Å²) in [5.74, 6) is 2.64.